The van der Waals surface area contributed by atoms with Crippen molar-refractivity contribution in [3.05, 3.63) is 155 Å². The zero-order valence-electron chi connectivity index (χ0n) is 26.7. The van der Waals surface area contributed by atoms with Gasteiger partial charge in [-0.3, -0.25) is 0 Å². The molecule has 1 nitrogen and oxygen atoms in total. The number of para-hydroxylation sites is 1. The number of fused-ring (bicyclic) bond motifs is 7. The van der Waals surface area contributed by atoms with Crippen LogP contribution in [0.1, 0.15) is 41.7 Å². The lowest BCUT2D eigenvalue weighted by Crippen LogP contribution is -2.14. The normalized spacial score (nSPS) is 14.1. The van der Waals surface area contributed by atoms with Crippen LogP contribution in [0, 0.1) is 6.92 Å². The lowest BCUT2D eigenvalue weighted by molar-refractivity contribution is 0.660. The minimum atomic E-state index is -0.0107. The van der Waals surface area contributed by atoms with E-state index in [1.54, 1.807) is 0 Å². The summed E-state index contributed by atoms with van der Waals surface area (Å²) in [6.07, 6.45) is 4.48. The summed E-state index contributed by atoms with van der Waals surface area (Å²) in [6.45, 7) is 6.92. The maximum absolute atomic E-state index is 2.45. The molecule has 0 N–H and O–H groups in total. The summed E-state index contributed by atoms with van der Waals surface area (Å²) in [6, 6.07) is 47.7. The van der Waals surface area contributed by atoms with Crippen LogP contribution in [0.5, 0.6) is 0 Å². The van der Waals surface area contributed by atoms with Gasteiger partial charge in [0.25, 0.3) is 0 Å². The van der Waals surface area contributed by atoms with Crippen LogP contribution in [0.4, 0.5) is 11.4 Å². The van der Waals surface area contributed by atoms with Gasteiger partial charge in [0.05, 0.1) is 0 Å². The fourth-order valence-electron chi connectivity index (χ4n) is 8.16. The van der Waals surface area contributed by atoms with Crippen LogP contribution in [0.2, 0.25) is 0 Å². The lowest BCUT2D eigenvalue weighted by atomic mass is 9.81. The largest absolute Gasteiger partial charge is 0.344 e. The van der Waals surface area contributed by atoms with Crippen molar-refractivity contribution in [3.8, 4) is 33.4 Å². The van der Waals surface area contributed by atoms with Crippen molar-refractivity contribution in [2.45, 2.75) is 26.2 Å². The first-order valence-electron chi connectivity index (χ1n) is 16.3. The number of hydrogen-bond donors (Lipinski definition) is 0. The lowest BCUT2D eigenvalue weighted by Gasteiger charge is -2.24. The second-order valence-corrected chi connectivity index (χ2v) is 13.5. The van der Waals surface area contributed by atoms with E-state index in [1.165, 1.54) is 94.1 Å². The van der Waals surface area contributed by atoms with Gasteiger partial charge < -0.3 is 4.90 Å². The number of aryl methyl sites for hydroxylation is 1. The van der Waals surface area contributed by atoms with Gasteiger partial charge >= 0.3 is 0 Å². The minimum Gasteiger partial charge on any atom is -0.344 e. The molecule has 1 heteroatoms. The Hall–Kier alpha value is -5.40. The summed E-state index contributed by atoms with van der Waals surface area (Å²) in [5.41, 5.74) is 16.8. The highest BCUT2D eigenvalue weighted by atomic mass is 15.1. The Balaban J connectivity index is 1.31. The molecular formula is C45H35N. The van der Waals surface area contributed by atoms with Crippen molar-refractivity contribution in [3.63, 3.8) is 0 Å². The predicted molar refractivity (Wildman–Crippen MR) is 198 cm³/mol. The number of nitrogens with zero attached hydrogens (tertiary/aromatic N) is 1. The van der Waals surface area contributed by atoms with E-state index >= 15 is 0 Å². The Morgan fingerprint density at radius 2 is 1.09 bits per heavy atom. The van der Waals surface area contributed by atoms with Crippen molar-refractivity contribution in [1.29, 1.82) is 0 Å². The van der Waals surface area contributed by atoms with E-state index in [0.29, 0.717) is 0 Å². The number of anilines is 2. The Labute approximate surface area is 271 Å². The molecule has 1 aliphatic carbocycles. The number of rotatable bonds is 2. The first-order valence-corrected chi connectivity index (χ1v) is 16.3. The van der Waals surface area contributed by atoms with E-state index in [1.807, 2.05) is 0 Å². The third-order valence-electron chi connectivity index (χ3n) is 10.5. The molecule has 0 fully saturated rings. The quantitative estimate of drug-likeness (QED) is 0.181. The Morgan fingerprint density at radius 3 is 1.91 bits per heavy atom. The van der Waals surface area contributed by atoms with Gasteiger partial charge in [-0.1, -0.05) is 141 Å². The molecule has 0 saturated heterocycles. The van der Waals surface area contributed by atoms with Crippen molar-refractivity contribution in [2.24, 2.45) is 0 Å². The monoisotopic (exact) mass is 589 g/mol. The van der Waals surface area contributed by atoms with Crippen molar-refractivity contribution < 1.29 is 0 Å². The van der Waals surface area contributed by atoms with Gasteiger partial charge in [0.1, 0.15) is 0 Å². The molecular weight excluding hydrogens is 555 g/mol. The second kappa shape index (κ2) is 9.80. The molecule has 0 spiro atoms. The molecule has 1 aliphatic heterocycles. The molecule has 1 heterocycles. The maximum Gasteiger partial charge on any atom is 0.0488 e. The fraction of sp³-hybridized carbons (Fsp3) is 0.111. The molecule has 0 bridgehead atoms. The summed E-state index contributed by atoms with van der Waals surface area (Å²) >= 11 is 0. The van der Waals surface area contributed by atoms with Gasteiger partial charge in [0.15, 0.2) is 0 Å². The molecule has 0 saturated carbocycles. The van der Waals surface area contributed by atoms with Gasteiger partial charge in [0.2, 0.25) is 0 Å². The third kappa shape index (κ3) is 3.82. The van der Waals surface area contributed by atoms with Gasteiger partial charge in [-0.05, 0) is 102 Å². The van der Waals surface area contributed by atoms with Crippen LogP contribution >= 0.6 is 0 Å². The Kier molecular flexibility index (Phi) is 5.74. The average molecular weight is 590 g/mol. The molecule has 7 aromatic rings. The molecule has 2 aliphatic rings. The zero-order chi connectivity index (χ0) is 31.2. The Bertz CT molecular complexity index is 2420. The van der Waals surface area contributed by atoms with E-state index in [9.17, 15) is 0 Å². The van der Waals surface area contributed by atoms with Crippen molar-refractivity contribution >= 4 is 45.1 Å². The second-order valence-electron chi connectivity index (χ2n) is 13.5. The van der Waals surface area contributed by atoms with Crippen molar-refractivity contribution in [2.75, 3.05) is 11.9 Å². The zero-order valence-corrected chi connectivity index (χ0v) is 26.7. The standard InChI is InChI=1S/C45H35N/c1-28-17-23-36-38(25-28)44(31-22-24-40-37(26-31)33-12-8-9-15-39(33)45(40,2)3)35-14-7-6-13-34(35)43(36)32-21-20-30-19-18-29-11-5-10-16-41(29)46(4)42(30)27-32/h5-27H,1-4H3. The molecule has 7 aromatic carbocycles. The van der Waals surface area contributed by atoms with E-state index in [-0.39, 0.29) is 5.41 Å². The smallest absolute Gasteiger partial charge is 0.0488 e. The van der Waals surface area contributed by atoms with Gasteiger partial charge in [-0.15, -0.1) is 0 Å². The van der Waals surface area contributed by atoms with Gasteiger partial charge in [0, 0.05) is 23.8 Å². The molecule has 0 amide bonds. The van der Waals surface area contributed by atoms with Crippen LogP contribution in [0.3, 0.4) is 0 Å². The van der Waals surface area contributed by atoms with E-state index in [2.05, 4.69) is 172 Å². The third-order valence-corrected chi connectivity index (χ3v) is 10.5. The van der Waals surface area contributed by atoms with E-state index < -0.39 is 0 Å². The highest BCUT2D eigenvalue weighted by Crippen LogP contribution is 2.51. The molecule has 9 rings (SSSR count). The SMILES string of the molecule is Cc1ccc2c(-c3ccc4c(c3)N(C)c3ccccc3C=C4)c3ccccc3c(-c3ccc4c(c3)-c3ccccc3C4(C)C)c2c1. The molecule has 0 atom stereocenters. The van der Waals surface area contributed by atoms with Crippen LogP contribution in [0.25, 0.3) is 67.1 Å². The van der Waals surface area contributed by atoms with E-state index in [4.69, 9.17) is 0 Å². The predicted octanol–water partition coefficient (Wildman–Crippen LogP) is 12.2. The summed E-state index contributed by atoms with van der Waals surface area (Å²) < 4.78 is 0. The average Bonchev–Trinajstić information content (AvgIpc) is 3.21. The van der Waals surface area contributed by atoms with Crippen LogP contribution in [-0.2, 0) is 5.41 Å². The van der Waals surface area contributed by atoms with Gasteiger partial charge in [-0.25, -0.2) is 0 Å². The van der Waals surface area contributed by atoms with Crippen LogP contribution in [0.15, 0.2) is 127 Å². The van der Waals surface area contributed by atoms with Crippen molar-refractivity contribution in [1.82, 2.24) is 0 Å². The maximum atomic E-state index is 2.45. The molecule has 0 unspecified atom stereocenters. The highest BCUT2D eigenvalue weighted by molar-refractivity contribution is 6.22. The molecule has 0 aromatic heterocycles. The van der Waals surface area contributed by atoms with Crippen LogP contribution < -0.4 is 4.90 Å². The van der Waals surface area contributed by atoms with Gasteiger partial charge in [-0.2, -0.15) is 0 Å². The molecule has 46 heavy (non-hydrogen) atoms. The first kappa shape index (κ1) is 27.0. The Morgan fingerprint density at radius 1 is 0.478 bits per heavy atom. The summed E-state index contributed by atoms with van der Waals surface area (Å²) in [7, 11) is 2.18. The molecule has 0 radical (unpaired) electrons. The molecule has 220 valence electrons. The topological polar surface area (TPSA) is 3.24 Å². The minimum absolute atomic E-state index is 0.0107. The number of benzene rings is 7. The van der Waals surface area contributed by atoms with Crippen LogP contribution in [-0.4, -0.2) is 7.05 Å². The summed E-state index contributed by atoms with van der Waals surface area (Å²) in [4.78, 5) is 2.33. The highest BCUT2D eigenvalue weighted by Gasteiger charge is 2.35. The first-order chi connectivity index (χ1) is 22.4. The fourth-order valence-corrected chi connectivity index (χ4v) is 8.16. The number of hydrogen-bond acceptors (Lipinski definition) is 1. The summed E-state index contributed by atoms with van der Waals surface area (Å²) in [5, 5.41) is 5.15. The van der Waals surface area contributed by atoms with E-state index in [0.717, 1.165) is 0 Å². The summed E-state index contributed by atoms with van der Waals surface area (Å²) in [5.74, 6) is 0.